The number of methoxy groups -OCH3 is 4. The highest BCUT2D eigenvalue weighted by atomic mass is 79.9. The number of Topliss-reactive ketones (excluding diaryl/α,β-unsaturated/α-hetero) is 1. The van der Waals surface area contributed by atoms with Crippen LogP contribution in [0.25, 0.3) is 32.8 Å². The molecule has 5 aromatic carbocycles. The number of pyridine rings is 2. The maximum Gasteiger partial charge on any atom is 0.155 e. The highest BCUT2D eigenvalue weighted by molar-refractivity contribution is 9.10. The number of halogens is 3. The fraction of sp³-hybridized carbons (Fsp3) is 0.345. The molecule has 0 radical (unpaired) electrons. The lowest BCUT2D eigenvalue weighted by Crippen LogP contribution is -2.10. The average molecular weight is 1140 g/mol. The maximum atomic E-state index is 12.6. The summed E-state index contributed by atoms with van der Waals surface area (Å²) in [7, 11) is 6.62. The van der Waals surface area contributed by atoms with E-state index in [0.29, 0.717) is 31.2 Å². The highest BCUT2D eigenvalue weighted by Gasteiger charge is 2.22. The lowest BCUT2D eigenvalue weighted by molar-refractivity contribution is -0.118. The molecule has 15 heteroatoms. The molecule has 388 valence electrons. The van der Waals surface area contributed by atoms with Gasteiger partial charge in [0.1, 0.15) is 45.3 Å². The molecular formula is C58H69Br2ClN6O6. The van der Waals surface area contributed by atoms with E-state index in [1.807, 2.05) is 72.8 Å². The normalized spacial score (nSPS) is 10.8. The van der Waals surface area contributed by atoms with Gasteiger partial charge in [-0.25, -0.2) is 15.0 Å². The van der Waals surface area contributed by atoms with Gasteiger partial charge in [0.05, 0.1) is 63.8 Å². The molecule has 0 saturated carbocycles. The van der Waals surface area contributed by atoms with Gasteiger partial charge in [0, 0.05) is 80.4 Å². The van der Waals surface area contributed by atoms with Crippen molar-refractivity contribution in [2.75, 3.05) is 39.1 Å². The number of rotatable bonds is 21. The van der Waals surface area contributed by atoms with Gasteiger partial charge in [-0.1, -0.05) is 109 Å². The zero-order valence-electron chi connectivity index (χ0n) is 41.3. The van der Waals surface area contributed by atoms with Crippen molar-refractivity contribution in [2.24, 2.45) is 0 Å². The Balaban J connectivity index is 0.000000272. The minimum absolute atomic E-state index is 0. The molecule has 8 aromatic rings. The van der Waals surface area contributed by atoms with Gasteiger partial charge in [0.2, 0.25) is 0 Å². The number of aryl methyl sites for hydroxylation is 2. The number of imidazole rings is 1. The summed E-state index contributed by atoms with van der Waals surface area (Å²) >= 11 is 13.8. The van der Waals surface area contributed by atoms with Gasteiger partial charge in [-0.15, -0.1) is 0 Å². The quantitative estimate of drug-likeness (QED) is 0.0592. The summed E-state index contributed by atoms with van der Waals surface area (Å²) in [6.07, 6.45) is 5.58. The van der Waals surface area contributed by atoms with Crippen LogP contribution in [0.15, 0.2) is 99.9 Å². The lowest BCUT2D eigenvalue weighted by Gasteiger charge is -2.18. The summed E-state index contributed by atoms with van der Waals surface area (Å²) in [5, 5.41) is 19.0. The van der Waals surface area contributed by atoms with Crippen molar-refractivity contribution in [1.82, 2.24) is 19.5 Å². The first-order valence-corrected chi connectivity index (χ1v) is 25.7. The first kappa shape index (κ1) is 58.0. The Kier molecular flexibility index (Phi) is 21.7. The van der Waals surface area contributed by atoms with E-state index in [4.69, 9.17) is 40.5 Å². The standard InChI is InChI=1S/C32H35BrN4O3.C24H26BrClN2O3.2CH4/c1-5-6-7-29-36-30-31(37(29)18-23-11-9-21(19-38)15-28(23)40-4)25-16-24(33)12-13-26(25)35-32(30)34-17-22-10-8-20(2)14-27(22)39-3;1-4-5-6-17(29)12-20-23(19-11-16(25)8-10-21(19)28-24(20)26)27-14-15-7-9-18(30-2)13-22(15)31-3;;/h8-16,38H,5-7,17-19H2,1-4H3,(H,34,35);7-11,13H,4-6,12,14H2,1-3H3,(H,27,28);2*1H4. The Hall–Kier alpha value is -5.93. The molecule has 0 aliphatic rings. The van der Waals surface area contributed by atoms with Gasteiger partial charge in [-0.3, -0.25) is 4.79 Å². The van der Waals surface area contributed by atoms with Gasteiger partial charge in [0.15, 0.2) is 5.82 Å². The Morgan fingerprint density at radius 2 is 1.32 bits per heavy atom. The molecule has 3 heterocycles. The van der Waals surface area contributed by atoms with Crippen LogP contribution >= 0.6 is 43.5 Å². The van der Waals surface area contributed by atoms with Crippen LogP contribution in [0.1, 0.15) is 100 Å². The van der Waals surface area contributed by atoms with Crippen molar-refractivity contribution in [1.29, 1.82) is 0 Å². The highest BCUT2D eigenvalue weighted by Crippen LogP contribution is 2.37. The Morgan fingerprint density at radius 1 is 0.699 bits per heavy atom. The van der Waals surface area contributed by atoms with Crippen LogP contribution < -0.4 is 29.6 Å². The minimum atomic E-state index is -0.0302. The molecular weight excluding hydrogens is 1070 g/mol. The first-order valence-electron chi connectivity index (χ1n) is 23.8. The third-order valence-corrected chi connectivity index (χ3v) is 13.7. The number of nitrogens with zero attached hydrogens (tertiary/aromatic N) is 4. The molecule has 3 aromatic heterocycles. The summed E-state index contributed by atoms with van der Waals surface area (Å²) in [5.74, 6) is 4.95. The number of aromatic nitrogens is 4. The SMILES string of the molecule is C.C.CCCCC(=O)Cc1c(Cl)nc2ccc(Br)cc2c1NCc1ccc(OC)cc1OC.CCCCc1nc2c(NCc3ccc(C)cc3OC)nc3ccc(Br)cc3c2n1Cc1ccc(CO)cc1OC. The van der Waals surface area contributed by atoms with Gasteiger partial charge < -0.3 is 39.3 Å². The average Bonchev–Trinajstić information content (AvgIpc) is 3.75. The number of aliphatic hydroxyl groups is 1. The number of benzene rings is 5. The fourth-order valence-electron chi connectivity index (χ4n) is 8.54. The Bertz CT molecular complexity index is 3160. The number of carbonyl (C=O) groups excluding carboxylic acids is 1. The summed E-state index contributed by atoms with van der Waals surface area (Å²) in [6, 6.07) is 29.8. The predicted molar refractivity (Wildman–Crippen MR) is 307 cm³/mol. The van der Waals surface area contributed by atoms with Crippen molar-refractivity contribution in [3.63, 3.8) is 0 Å². The first-order chi connectivity index (χ1) is 34.4. The molecule has 0 fully saturated rings. The van der Waals surface area contributed by atoms with Gasteiger partial charge in [-0.2, -0.15) is 0 Å². The summed E-state index contributed by atoms with van der Waals surface area (Å²) < 4.78 is 26.4. The van der Waals surface area contributed by atoms with Crippen LogP contribution in [0.4, 0.5) is 11.5 Å². The van der Waals surface area contributed by atoms with E-state index in [0.717, 1.165) is 148 Å². The van der Waals surface area contributed by atoms with Crippen LogP contribution in [-0.2, 0) is 43.9 Å². The van der Waals surface area contributed by atoms with E-state index in [-0.39, 0.29) is 33.7 Å². The third-order valence-electron chi connectivity index (χ3n) is 12.4. The molecule has 0 spiro atoms. The number of nitrogens with one attached hydrogen (secondary N) is 2. The summed E-state index contributed by atoms with van der Waals surface area (Å²) in [5.41, 5.74) is 10.1. The van der Waals surface area contributed by atoms with Crippen LogP contribution in [0, 0.1) is 6.92 Å². The molecule has 12 nitrogen and oxygen atoms in total. The topological polar surface area (TPSA) is 142 Å². The van der Waals surface area contributed by atoms with Crippen LogP contribution in [0.3, 0.4) is 0 Å². The molecule has 0 atom stereocenters. The second-order valence-electron chi connectivity index (χ2n) is 17.3. The van der Waals surface area contributed by atoms with Crippen molar-refractivity contribution >= 4 is 93.6 Å². The molecule has 0 aliphatic heterocycles. The molecule has 0 unspecified atom stereocenters. The zero-order chi connectivity index (χ0) is 50.6. The third kappa shape index (κ3) is 14.0. The number of ether oxygens (including phenoxy) is 4. The van der Waals surface area contributed by atoms with Crippen molar-refractivity contribution in [3.05, 3.63) is 144 Å². The Morgan fingerprint density at radius 3 is 1.97 bits per heavy atom. The molecule has 3 N–H and O–H groups in total. The predicted octanol–water partition coefficient (Wildman–Crippen LogP) is 15.0. The number of fused-ring (bicyclic) bond motifs is 4. The molecule has 0 bridgehead atoms. The minimum Gasteiger partial charge on any atom is -0.497 e. The zero-order valence-corrected chi connectivity index (χ0v) is 45.3. The number of carbonyl (C=O) groups is 1. The monoisotopic (exact) mass is 1140 g/mol. The smallest absolute Gasteiger partial charge is 0.155 e. The number of ketones is 1. The van der Waals surface area contributed by atoms with E-state index >= 15 is 0 Å². The number of anilines is 2. The molecule has 0 saturated heterocycles. The van der Waals surface area contributed by atoms with Crippen molar-refractivity contribution in [2.45, 2.75) is 107 Å². The second-order valence-corrected chi connectivity index (χ2v) is 19.5. The summed E-state index contributed by atoms with van der Waals surface area (Å²) in [6.45, 7) is 7.93. The Labute approximate surface area is 452 Å². The largest absolute Gasteiger partial charge is 0.497 e. The van der Waals surface area contributed by atoms with Gasteiger partial charge >= 0.3 is 0 Å². The van der Waals surface area contributed by atoms with E-state index in [1.54, 1.807) is 28.4 Å². The number of aliphatic hydroxyl groups excluding tert-OH is 1. The fourth-order valence-corrected chi connectivity index (χ4v) is 9.51. The van der Waals surface area contributed by atoms with Crippen LogP contribution in [0.2, 0.25) is 5.15 Å². The van der Waals surface area contributed by atoms with Crippen LogP contribution in [-0.4, -0.2) is 58.8 Å². The van der Waals surface area contributed by atoms with E-state index in [2.05, 4.69) is 91.0 Å². The van der Waals surface area contributed by atoms with Crippen molar-refractivity contribution in [3.8, 4) is 23.0 Å². The van der Waals surface area contributed by atoms with Crippen LogP contribution in [0.5, 0.6) is 23.0 Å². The van der Waals surface area contributed by atoms with Gasteiger partial charge in [0.25, 0.3) is 0 Å². The lowest BCUT2D eigenvalue weighted by atomic mass is 10.0. The van der Waals surface area contributed by atoms with Crippen molar-refractivity contribution < 1.29 is 28.8 Å². The number of unbranched alkanes of at least 4 members (excludes halogenated alkanes) is 2. The molecule has 0 amide bonds. The van der Waals surface area contributed by atoms with E-state index in [9.17, 15) is 9.90 Å². The number of hydrogen-bond acceptors (Lipinski definition) is 11. The second kappa shape index (κ2) is 27.4. The molecule has 0 aliphatic carbocycles. The maximum absolute atomic E-state index is 12.6. The number of hydrogen-bond donors (Lipinski definition) is 3. The summed E-state index contributed by atoms with van der Waals surface area (Å²) in [4.78, 5) is 27.3. The van der Waals surface area contributed by atoms with E-state index in [1.165, 1.54) is 0 Å². The molecule has 8 rings (SSSR count). The molecule has 73 heavy (non-hydrogen) atoms. The van der Waals surface area contributed by atoms with E-state index < -0.39 is 0 Å². The van der Waals surface area contributed by atoms with Gasteiger partial charge in [-0.05, 0) is 91.6 Å².